The molecular formula is C26H25NO4. The van der Waals surface area contributed by atoms with E-state index in [2.05, 4.69) is 6.58 Å². The summed E-state index contributed by atoms with van der Waals surface area (Å²) in [6.07, 6.45) is 1.69. The van der Waals surface area contributed by atoms with Crippen LogP contribution in [0.15, 0.2) is 91.5 Å². The lowest BCUT2D eigenvalue weighted by molar-refractivity contribution is -0.132. The number of hydrogen-bond acceptors (Lipinski definition) is 4. The lowest BCUT2D eigenvalue weighted by Crippen LogP contribution is -2.30. The fourth-order valence-corrected chi connectivity index (χ4v) is 2.92. The Balaban J connectivity index is 1.49. The number of hydrogen-bond donors (Lipinski definition) is 0. The van der Waals surface area contributed by atoms with Gasteiger partial charge in [-0.1, -0.05) is 55.1 Å². The Hall–Kier alpha value is -3.86. The van der Waals surface area contributed by atoms with Crippen molar-refractivity contribution in [3.8, 4) is 11.5 Å². The van der Waals surface area contributed by atoms with Crippen molar-refractivity contribution in [2.24, 2.45) is 0 Å². The molecule has 3 aromatic carbocycles. The molecule has 0 bridgehead atoms. The number of carbonyl (C=O) groups excluding carboxylic acids is 2. The summed E-state index contributed by atoms with van der Waals surface area (Å²) in [5, 5.41) is 0. The number of rotatable bonds is 10. The molecule has 0 N–H and O–H groups in total. The van der Waals surface area contributed by atoms with E-state index in [1.54, 1.807) is 54.4 Å². The van der Waals surface area contributed by atoms with Crippen LogP contribution < -0.4 is 9.47 Å². The average molecular weight is 415 g/mol. The van der Waals surface area contributed by atoms with Gasteiger partial charge >= 0.3 is 0 Å². The quantitative estimate of drug-likeness (QED) is 0.361. The number of nitrogens with zero attached hydrogens (tertiary/aromatic N) is 1. The van der Waals surface area contributed by atoms with Crippen LogP contribution in [0, 0.1) is 0 Å². The smallest absolute Gasteiger partial charge is 0.260 e. The third kappa shape index (κ3) is 6.31. The fraction of sp³-hybridized carbons (Fsp3) is 0.154. The molecule has 31 heavy (non-hydrogen) atoms. The highest BCUT2D eigenvalue weighted by Crippen LogP contribution is 2.16. The van der Waals surface area contributed by atoms with E-state index in [-0.39, 0.29) is 18.3 Å². The maximum Gasteiger partial charge on any atom is 0.260 e. The van der Waals surface area contributed by atoms with Crippen molar-refractivity contribution in [3.05, 3.63) is 108 Å². The summed E-state index contributed by atoms with van der Waals surface area (Å²) in [6.45, 7) is 4.46. The Bertz CT molecular complexity index is 1010. The molecule has 5 heteroatoms. The highest BCUT2D eigenvalue weighted by molar-refractivity contribution is 6.08. The molecule has 0 spiro atoms. The molecule has 3 aromatic rings. The van der Waals surface area contributed by atoms with Gasteiger partial charge in [-0.05, 0) is 42.0 Å². The first kappa shape index (κ1) is 21.8. The van der Waals surface area contributed by atoms with Crippen LogP contribution in [0.25, 0.3) is 0 Å². The number of benzene rings is 3. The Morgan fingerprint density at radius 2 is 1.42 bits per heavy atom. The van der Waals surface area contributed by atoms with Gasteiger partial charge < -0.3 is 14.4 Å². The van der Waals surface area contributed by atoms with Gasteiger partial charge in [0.2, 0.25) is 0 Å². The van der Waals surface area contributed by atoms with E-state index in [0.717, 1.165) is 11.3 Å². The number of likely N-dealkylation sites (N-methyl/N-ethyl adjacent to an activating group) is 1. The number of amides is 1. The van der Waals surface area contributed by atoms with Gasteiger partial charge in [0.1, 0.15) is 18.1 Å². The first-order valence-corrected chi connectivity index (χ1v) is 9.96. The monoisotopic (exact) mass is 415 g/mol. The van der Waals surface area contributed by atoms with E-state index in [1.165, 1.54) is 0 Å². The van der Waals surface area contributed by atoms with Gasteiger partial charge in [0, 0.05) is 24.7 Å². The Labute approximate surface area is 182 Å². The second-order valence-corrected chi connectivity index (χ2v) is 7.00. The molecule has 0 aromatic heterocycles. The third-order valence-corrected chi connectivity index (χ3v) is 4.65. The zero-order valence-electron chi connectivity index (χ0n) is 17.5. The molecule has 0 atom stereocenters. The van der Waals surface area contributed by atoms with Crippen molar-refractivity contribution < 1.29 is 19.1 Å². The predicted octanol–water partition coefficient (Wildman–Crippen LogP) is 4.52. The molecule has 0 radical (unpaired) electrons. The third-order valence-electron chi connectivity index (χ3n) is 4.65. The number of carbonyl (C=O) groups is 2. The van der Waals surface area contributed by atoms with Crippen LogP contribution in [-0.2, 0) is 11.3 Å². The molecule has 0 unspecified atom stereocenters. The molecule has 0 fully saturated rings. The molecule has 5 nitrogen and oxygen atoms in total. The van der Waals surface area contributed by atoms with E-state index in [0.29, 0.717) is 30.0 Å². The second kappa shape index (κ2) is 10.8. The van der Waals surface area contributed by atoms with E-state index in [4.69, 9.17) is 9.47 Å². The van der Waals surface area contributed by atoms with Crippen LogP contribution in [0.4, 0.5) is 0 Å². The molecule has 1 amide bonds. The molecular weight excluding hydrogens is 390 g/mol. The van der Waals surface area contributed by atoms with E-state index < -0.39 is 0 Å². The molecule has 0 aliphatic rings. The van der Waals surface area contributed by atoms with Gasteiger partial charge in [-0.15, -0.1) is 0 Å². The maximum absolute atomic E-state index is 12.4. The Morgan fingerprint density at radius 1 is 0.839 bits per heavy atom. The predicted molar refractivity (Wildman–Crippen MR) is 120 cm³/mol. The number of ether oxygens (including phenoxy) is 2. The minimum Gasteiger partial charge on any atom is -0.490 e. The summed E-state index contributed by atoms with van der Waals surface area (Å²) >= 11 is 0. The minimum absolute atomic E-state index is 0.0520. The van der Waals surface area contributed by atoms with Crippen LogP contribution in [0.2, 0.25) is 0 Å². The SMILES string of the molecule is C=CCOc1ccc(CN(C)C(=O)COc2ccc(C(=O)c3ccccc3)cc2)cc1. The van der Waals surface area contributed by atoms with Crippen LogP contribution >= 0.6 is 0 Å². The minimum atomic E-state index is -0.142. The van der Waals surface area contributed by atoms with Gasteiger partial charge in [0.25, 0.3) is 5.91 Å². The zero-order valence-corrected chi connectivity index (χ0v) is 17.5. The topological polar surface area (TPSA) is 55.8 Å². The highest BCUT2D eigenvalue weighted by Gasteiger charge is 2.12. The molecule has 0 aliphatic carbocycles. The van der Waals surface area contributed by atoms with Gasteiger partial charge in [0.15, 0.2) is 12.4 Å². The van der Waals surface area contributed by atoms with Crippen LogP contribution in [0.1, 0.15) is 21.5 Å². The van der Waals surface area contributed by atoms with Crippen LogP contribution in [-0.4, -0.2) is 36.9 Å². The Kier molecular flexibility index (Phi) is 7.60. The van der Waals surface area contributed by atoms with E-state index in [1.807, 2.05) is 42.5 Å². The summed E-state index contributed by atoms with van der Waals surface area (Å²) in [4.78, 5) is 26.4. The molecule has 158 valence electrons. The standard InChI is InChI=1S/C26H25NO4/c1-3-17-30-23-13-9-20(10-14-23)18-27(2)25(28)19-31-24-15-11-22(12-16-24)26(29)21-7-5-4-6-8-21/h3-16H,1,17-19H2,2H3. The summed E-state index contributed by atoms with van der Waals surface area (Å²) in [6, 6.07) is 23.5. The zero-order chi connectivity index (χ0) is 22.1. The average Bonchev–Trinajstić information content (AvgIpc) is 2.82. The van der Waals surface area contributed by atoms with Crippen LogP contribution in [0.3, 0.4) is 0 Å². The largest absolute Gasteiger partial charge is 0.490 e. The van der Waals surface area contributed by atoms with Crippen molar-refractivity contribution >= 4 is 11.7 Å². The van der Waals surface area contributed by atoms with Gasteiger partial charge in [-0.3, -0.25) is 9.59 Å². The first-order chi connectivity index (χ1) is 15.1. The lowest BCUT2D eigenvalue weighted by atomic mass is 10.0. The molecule has 0 aliphatic heterocycles. The van der Waals surface area contributed by atoms with E-state index in [9.17, 15) is 9.59 Å². The van der Waals surface area contributed by atoms with Crippen molar-refractivity contribution in [2.75, 3.05) is 20.3 Å². The summed E-state index contributed by atoms with van der Waals surface area (Å²) < 4.78 is 11.1. The molecule has 0 heterocycles. The first-order valence-electron chi connectivity index (χ1n) is 9.96. The normalized spacial score (nSPS) is 10.2. The van der Waals surface area contributed by atoms with Gasteiger partial charge in [-0.25, -0.2) is 0 Å². The maximum atomic E-state index is 12.4. The van der Waals surface area contributed by atoms with Gasteiger partial charge in [-0.2, -0.15) is 0 Å². The van der Waals surface area contributed by atoms with Crippen LogP contribution in [0.5, 0.6) is 11.5 Å². The Morgan fingerprint density at radius 3 is 2.06 bits per heavy atom. The second-order valence-electron chi connectivity index (χ2n) is 7.00. The van der Waals surface area contributed by atoms with Crippen molar-refractivity contribution in [2.45, 2.75) is 6.54 Å². The van der Waals surface area contributed by atoms with Crippen molar-refractivity contribution in [1.82, 2.24) is 4.90 Å². The van der Waals surface area contributed by atoms with Crippen molar-refractivity contribution in [1.29, 1.82) is 0 Å². The van der Waals surface area contributed by atoms with Crippen molar-refractivity contribution in [3.63, 3.8) is 0 Å². The van der Waals surface area contributed by atoms with E-state index >= 15 is 0 Å². The molecule has 0 saturated heterocycles. The lowest BCUT2D eigenvalue weighted by Gasteiger charge is -2.18. The summed E-state index contributed by atoms with van der Waals surface area (Å²) in [5.74, 6) is 1.10. The summed E-state index contributed by atoms with van der Waals surface area (Å²) in [5.41, 5.74) is 2.20. The highest BCUT2D eigenvalue weighted by atomic mass is 16.5. The fourth-order valence-electron chi connectivity index (χ4n) is 2.92. The van der Waals surface area contributed by atoms with Gasteiger partial charge in [0.05, 0.1) is 0 Å². The summed E-state index contributed by atoms with van der Waals surface area (Å²) in [7, 11) is 1.73. The number of ketones is 1. The molecule has 0 saturated carbocycles. The molecule has 3 rings (SSSR count).